The van der Waals surface area contributed by atoms with Crippen molar-refractivity contribution in [1.82, 2.24) is 5.32 Å². The Morgan fingerprint density at radius 1 is 1.17 bits per heavy atom. The van der Waals surface area contributed by atoms with E-state index in [4.69, 9.17) is 4.74 Å². The number of thioether (sulfide) groups is 1. The van der Waals surface area contributed by atoms with Crippen molar-refractivity contribution >= 4 is 35.8 Å². The highest BCUT2D eigenvalue weighted by Gasteiger charge is 2.16. The second-order valence-electron chi connectivity index (χ2n) is 5.42. The van der Waals surface area contributed by atoms with Gasteiger partial charge in [0.05, 0.1) is 0 Å². The lowest BCUT2D eigenvalue weighted by molar-refractivity contribution is -0.116. The molecule has 6 heteroatoms. The minimum Gasteiger partial charge on any atom is -0.457 e. The molecule has 24 heavy (non-hydrogen) atoms. The number of ether oxygens (including phenoxy) is 1. The van der Waals surface area contributed by atoms with Crippen LogP contribution in [0.15, 0.2) is 54.6 Å². The van der Waals surface area contributed by atoms with Crippen molar-refractivity contribution in [3.8, 4) is 11.5 Å². The Kier molecular flexibility index (Phi) is 7.43. The Morgan fingerprint density at radius 3 is 2.71 bits per heavy atom. The zero-order valence-corrected chi connectivity index (χ0v) is 14.9. The lowest BCUT2D eigenvalue weighted by atomic mass is 10.2. The van der Waals surface area contributed by atoms with Crippen molar-refractivity contribution in [1.29, 1.82) is 0 Å². The van der Waals surface area contributed by atoms with Crippen LogP contribution in [0.3, 0.4) is 0 Å². The number of halogens is 1. The molecule has 2 N–H and O–H groups in total. The van der Waals surface area contributed by atoms with Crippen molar-refractivity contribution in [2.75, 3.05) is 23.4 Å². The number of rotatable bonds is 5. The van der Waals surface area contributed by atoms with Gasteiger partial charge in [-0.25, -0.2) is 0 Å². The van der Waals surface area contributed by atoms with Gasteiger partial charge in [0.2, 0.25) is 5.91 Å². The van der Waals surface area contributed by atoms with Crippen LogP contribution in [0.2, 0.25) is 0 Å². The second kappa shape index (κ2) is 9.57. The summed E-state index contributed by atoms with van der Waals surface area (Å²) in [5.41, 5.74) is 0.756. The highest BCUT2D eigenvalue weighted by atomic mass is 35.5. The summed E-state index contributed by atoms with van der Waals surface area (Å²) in [7, 11) is 0. The maximum absolute atomic E-state index is 12.1. The van der Waals surface area contributed by atoms with Crippen LogP contribution < -0.4 is 15.4 Å². The molecule has 1 fully saturated rings. The minimum atomic E-state index is 0. The van der Waals surface area contributed by atoms with Crippen LogP contribution in [0.1, 0.15) is 6.42 Å². The van der Waals surface area contributed by atoms with Gasteiger partial charge in [0, 0.05) is 42.3 Å². The van der Waals surface area contributed by atoms with Crippen molar-refractivity contribution in [2.45, 2.75) is 12.5 Å². The molecule has 0 aliphatic carbocycles. The van der Waals surface area contributed by atoms with Crippen LogP contribution in [0.5, 0.6) is 11.5 Å². The van der Waals surface area contributed by atoms with E-state index in [-0.39, 0.29) is 24.4 Å². The predicted octanol–water partition coefficient (Wildman–Crippen LogP) is 3.93. The maximum atomic E-state index is 12.1. The topological polar surface area (TPSA) is 50.4 Å². The monoisotopic (exact) mass is 364 g/mol. The number of anilines is 1. The van der Waals surface area contributed by atoms with E-state index in [9.17, 15) is 4.79 Å². The fourth-order valence-electron chi connectivity index (χ4n) is 2.45. The molecule has 2 aromatic carbocycles. The van der Waals surface area contributed by atoms with Crippen molar-refractivity contribution < 1.29 is 9.53 Å². The molecule has 128 valence electrons. The summed E-state index contributed by atoms with van der Waals surface area (Å²) in [6, 6.07) is 17.3. The Bertz CT molecular complexity index is 648. The van der Waals surface area contributed by atoms with Gasteiger partial charge < -0.3 is 15.4 Å². The molecule has 1 heterocycles. The lowest BCUT2D eigenvalue weighted by Crippen LogP contribution is -2.39. The number of para-hydroxylation sites is 1. The summed E-state index contributed by atoms with van der Waals surface area (Å²) in [6.07, 6.45) is 0.497. The predicted molar refractivity (Wildman–Crippen MR) is 103 cm³/mol. The van der Waals surface area contributed by atoms with E-state index in [0.29, 0.717) is 12.2 Å². The van der Waals surface area contributed by atoms with E-state index in [0.717, 1.165) is 29.5 Å². The molecule has 0 saturated carbocycles. The first kappa shape index (κ1) is 18.6. The zero-order chi connectivity index (χ0) is 15.9. The lowest BCUT2D eigenvalue weighted by Gasteiger charge is -2.22. The van der Waals surface area contributed by atoms with Crippen LogP contribution in [0.25, 0.3) is 0 Å². The normalized spacial score (nSPS) is 16.8. The van der Waals surface area contributed by atoms with E-state index in [2.05, 4.69) is 10.6 Å². The third-order valence-corrected chi connectivity index (χ3v) is 4.66. The van der Waals surface area contributed by atoms with Gasteiger partial charge in [-0.1, -0.05) is 24.3 Å². The summed E-state index contributed by atoms with van der Waals surface area (Å²) in [6.45, 7) is 0.975. The van der Waals surface area contributed by atoms with E-state index in [1.807, 2.05) is 66.4 Å². The molecule has 2 aromatic rings. The summed E-state index contributed by atoms with van der Waals surface area (Å²) < 4.78 is 5.78. The van der Waals surface area contributed by atoms with Gasteiger partial charge >= 0.3 is 0 Å². The van der Waals surface area contributed by atoms with Gasteiger partial charge in [-0.05, 0) is 24.3 Å². The third-order valence-electron chi connectivity index (χ3n) is 3.53. The molecular formula is C18H21ClN2O2S. The molecule has 4 nitrogen and oxygen atoms in total. The highest BCUT2D eigenvalue weighted by molar-refractivity contribution is 7.99. The molecule has 0 radical (unpaired) electrons. The fourth-order valence-corrected chi connectivity index (χ4v) is 3.40. The number of carbonyl (C=O) groups excluding carboxylic acids is 1. The van der Waals surface area contributed by atoms with Crippen molar-refractivity contribution in [3.63, 3.8) is 0 Å². The number of benzene rings is 2. The van der Waals surface area contributed by atoms with Crippen LogP contribution in [-0.2, 0) is 4.79 Å². The SMILES string of the molecule is Cl.O=C(CC1CSCCN1)Nc1cccc(Oc2ccccc2)c1. The number of amides is 1. The Hall–Kier alpha value is -1.69. The van der Waals surface area contributed by atoms with Crippen molar-refractivity contribution in [3.05, 3.63) is 54.6 Å². The van der Waals surface area contributed by atoms with Crippen LogP contribution in [-0.4, -0.2) is 30.0 Å². The average Bonchev–Trinajstić information content (AvgIpc) is 2.57. The molecule has 1 aliphatic heterocycles. The Balaban J connectivity index is 0.00000208. The summed E-state index contributed by atoms with van der Waals surface area (Å²) in [5, 5.41) is 6.32. The molecule has 1 amide bonds. The third kappa shape index (κ3) is 5.74. The first-order valence-corrected chi connectivity index (χ1v) is 8.89. The molecular weight excluding hydrogens is 344 g/mol. The molecule has 0 spiro atoms. The minimum absolute atomic E-state index is 0. The first-order chi connectivity index (χ1) is 11.3. The molecule has 0 aromatic heterocycles. The number of hydrogen-bond acceptors (Lipinski definition) is 4. The van der Waals surface area contributed by atoms with Crippen LogP contribution in [0.4, 0.5) is 5.69 Å². The van der Waals surface area contributed by atoms with Gasteiger partial charge in [0.15, 0.2) is 0 Å². The molecule has 1 unspecified atom stereocenters. The van der Waals surface area contributed by atoms with Gasteiger partial charge in [-0.3, -0.25) is 4.79 Å². The Morgan fingerprint density at radius 2 is 1.96 bits per heavy atom. The zero-order valence-electron chi connectivity index (χ0n) is 13.2. The first-order valence-electron chi connectivity index (χ1n) is 7.73. The number of carbonyl (C=O) groups is 1. The molecule has 3 rings (SSSR count). The maximum Gasteiger partial charge on any atom is 0.225 e. The van der Waals surface area contributed by atoms with E-state index in [1.54, 1.807) is 0 Å². The summed E-state index contributed by atoms with van der Waals surface area (Å²) >= 11 is 1.89. The smallest absolute Gasteiger partial charge is 0.225 e. The van der Waals surface area contributed by atoms with E-state index >= 15 is 0 Å². The van der Waals surface area contributed by atoms with Gasteiger partial charge in [-0.2, -0.15) is 11.8 Å². The van der Waals surface area contributed by atoms with Gasteiger partial charge in [-0.15, -0.1) is 12.4 Å². The average molecular weight is 365 g/mol. The van der Waals surface area contributed by atoms with Gasteiger partial charge in [0.1, 0.15) is 11.5 Å². The molecule has 1 aliphatic rings. The van der Waals surface area contributed by atoms with Gasteiger partial charge in [0.25, 0.3) is 0 Å². The number of hydrogen-bond donors (Lipinski definition) is 2. The molecule has 1 saturated heterocycles. The number of nitrogens with one attached hydrogen (secondary N) is 2. The second-order valence-corrected chi connectivity index (χ2v) is 6.57. The standard InChI is InChI=1S/C18H20N2O2S.ClH/c21-18(12-15-13-23-10-9-19-15)20-14-5-4-8-17(11-14)22-16-6-2-1-3-7-16;/h1-8,11,15,19H,9-10,12-13H2,(H,20,21);1H. The molecule has 1 atom stereocenters. The molecule has 0 bridgehead atoms. The fraction of sp³-hybridized carbons (Fsp3) is 0.278. The summed E-state index contributed by atoms with van der Waals surface area (Å²) in [4.78, 5) is 12.1. The van der Waals surface area contributed by atoms with Crippen LogP contribution >= 0.6 is 24.2 Å². The van der Waals surface area contributed by atoms with E-state index in [1.165, 1.54) is 0 Å². The summed E-state index contributed by atoms with van der Waals surface area (Å²) in [5.74, 6) is 3.63. The van der Waals surface area contributed by atoms with Crippen LogP contribution in [0, 0.1) is 0 Å². The Labute approximate surface area is 152 Å². The van der Waals surface area contributed by atoms with Crippen molar-refractivity contribution in [2.24, 2.45) is 0 Å². The largest absolute Gasteiger partial charge is 0.457 e. The van der Waals surface area contributed by atoms with E-state index < -0.39 is 0 Å². The highest BCUT2D eigenvalue weighted by Crippen LogP contribution is 2.24. The quantitative estimate of drug-likeness (QED) is 0.843.